The normalized spacial score (nSPS) is 17.7. The smallest absolute Gasteiger partial charge is 0.191 e. The van der Waals surface area contributed by atoms with Crippen LogP contribution in [0.3, 0.4) is 0 Å². The predicted octanol–water partition coefficient (Wildman–Crippen LogP) is 4.11. The fourth-order valence-corrected chi connectivity index (χ4v) is 4.44. The van der Waals surface area contributed by atoms with E-state index < -0.39 is 0 Å². The minimum Gasteiger partial charge on any atom is -0.381 e. The number of rotatable bonds is 7. The molecule has 7 heteroatoms. The fraction of sp³-hybridized carbons (Fsp3) is 0.722. The van der Waals surface area contributed by atoms with Gasteiger partial charge < -0.3 is 15.4 Å². The summed E-state index contributed by atoms with van der Waals surface area (Å²) in [6, 6.07) is 4.31. The van der Waals surface area contributed by atoms with E-state index in [1.807, 2.05) is 11.8 Å². The van der Waals surface area contributed by atoms with Crippen molar-refractivity contribution in [3.8, 4) is 0 Å². The minimum absolute atomic E-state index is 0. The molecule has 0 atom stereocenters. The summed E-state index contributed by atoms with van der Waals surface area (Å²) in [4.78, 5) is 6.23. The fourth-order valence-electron chi connectivity index (χ4n) is 2.80. The second-order valence-electron chi connectivity index (χ2n) is 6.91. The van der Waals surface area contributed by atoms with Gasteiger partial charge in [0.2, 0.25) is 0 Å². The molecule has 2 N–H and O–H groups in total. The Hall–Kier alpha value is 0.01000. The number of ether oxygens (including phenoxy) is 1. The van der Waals surface area contributed by atoms with Crippen LogP contribution in [0.5, 0.6) is 0 Å². The van der Waals surface area contributed by atoms with Crippen molar-refractivity contribution in [3.63, 3.8) is 0 Å². The van der Waals surface area contributed by atoms with Crippen LogP contribution >= 0.6 is 47.1 Å². The summed E-state index contributed by atoms with van der Waals surface area (Å²) < 4.78 is 5.79. The molecule has 1 saturated heterocycles. The van der Waals surface area contributed by atoms with Gasteiger partial charge in [0.05, 0.1) is 6.54 Å². The molecule has 0 spiro atoms. The van der Waals surface area contributed by atoms with Crippen molar-refractivity contribution >= 4 is 53.0 Å². The van der Waals surface area contributed by atoms with Crippen molar-refractivity contribution in [2.75, 3.05) is 39.1 Å². The van der Waals surface area contributed by atoms with E-state index in [0.29, 0.717) is 0 Å². The first kappa shape index (κ1) is 23.0. The first-order chi connectivity index (χ1) is 11.5. The average Bonchev–Trinajstić information content (AvgIpc) is 3.14. The zero-order valence-electron chi connectivity index (χ0n) is 15.8. The van der Waals surface area contributed by atoms with Gasteiger partial charge in [-0.25, -0.2) is 0 Å². The third-order valence-corrected chi connectivity index (χ3v) is 7.23. The van der Waals surface area contributed by atoms with Gasteiger partial charge in [-0.15, -0.1) is 35.3 Å². The Morgan fingerprint density at radius 3 is 2.64 bits per heavy atom. The molecule has 1 aliphatic heterocycles. The Kier molecular flexibility index (Phi) is 10.1. The number of thiophene rings is 1. The van der Waals surface area contributed by atoms with E-state index in [0.717, 1.165) is 51.6 Å². The minimum atomic E-state index is 0. The van der Waals surface area contributed by atoms with Crippen LogP contribution in [0.15, 0.2) is 22.5 Å². The van der Waals surface area contributed by atoms with Gasteiger partial charge in [0, 0.05) is 41.3 Å². The molecular weight excluding hydrogens is 465 g/mol. The highest BCUT2D eigenvalue weighted by molar-refractivity contribution is 14.0. The lowest BCUT2D eigenvalue weighted by molar-refractivity contribution is 0.0783. The Bertz CT molecular complexity index is 514. The van der Waals surface area contributed by atoms with E-state index in [-0.39, 0.29) is 34.1 Å². The summed E-state index contributed by atoms with van der Waals surface area (Å²) in [5.41, 5.74) is 0.0619. The molecular formula is C18H32IN3OS2. The Morgan fingerprint density at radius 2 is 2.08 bits per heavy atom. The van der Waals surface area contributed by atoms with E-state index in [4.69, 9.17) is 9.73 Å². The van der Waals surface area contributed by atoms with Gasteiger partial charge in [-0.2, -0.15) is 11.8 Å². The van der Waals surface area contributed by atoms with Crippen LogP contribution in [-0.2, 0) is 10.2 Å². The lowest BCUT2D eigenvalue weighted by Crippen LogP contribution is -2.48. The van der Waals surface area contributed by atoms with Crippen LogP contribution in [0, 0.1) is 0 Å². The van der Waals surface area contributed by atoms with Crippen LogP contribution < -0.4 is 10.6 Å². The van der Waals surface area contributed by atoms with Crippen molar-refractivity contribution in [2.24, 2.45) is 4.99 Å². The molecule has 0 radical (unpaired) electrons. The van der Waals surface area contributed by atoms with Crippen LogP contribution in [0.1, 0.15) is 38.5 Å². The molecule has 25 heavy (non-hydrogen) atoms. The van der Waals surface area contributed by atoms with Gasteiger partial charge in [0.25, 0.3) is 0 Å². The molecule has 2 heterocycles. The van der Waals surface area contributed by atoms with Gasteiger partial charge in [-0.1, -0.05) is 19.9 Å². The highest BCUT2D eigenvalue weighted by atomic mass is 127. The van der Waals surface area contributed by atoms with E-state index in [9.17, 15) is 0 Å². The molecule has 0 bridgehead atoms. The van der Waals surface area contributed by atoms with E-state index >= 15 is 0 Å². The number of hydrogen-bond donors (Lipinski definition) is 2. The summed E-state index contributed by atoms with van der Waals surface area (Å²) in [7, 11) is 0. The second kappa shape index (κ2) is 11.0. The third-order valence-electron chi connectivity index (χ3n) is 4.58. The predicted molar refractivity (Wildman–Crippen MR) is 123 cm³/mol. The number of thioether (sulfide) groups is 1. The zero-order valence-corrected chi connectivity index (χ0v) is 19.7. The first-order valence-corrected chi connectivity index (χ1v) is 10.8. The maximum atomic E-state index is 5.53. The molecule has 0 aromatic carbocycles. The molecule has 1 fully saturated rings. The highest BCUT2D eigenvalue weighted by Gasteiger charge is 2.32. The molecule has 144 valence electrons. The second-order valence-corrected chi connectivity index (χ2v) is 9.13. The standard InChI is InChI=1S/C18H31N3OS2.HI/c1-5-19-16(20-13-17(2,3)15-7-6-12-24-15)21-14-18(23-4)8-10-22-11-9-18;/h6-7,12H,5,8-11,13-14H2,1-4H3,(H2,19,20,21);1H. The molecule has 0 saturated carbocycles. The Morgan fingerprint density at radius 1 is 1.36 bits per heavy atom. The number of guanidine groups is 1. The molecule has 1 aromatic rings. The third kappa shape index (κ3) is 6.92. The van der Waals surface area contributed by atoms with Crippen LogP contribution in [-0.4, -0.2) is 49.8 Å². The molecule has 4 nitrogen and oxygen atoms in total. The number of nitrogens with one attached hydrogen (secondary N) is 2. The van der Waals surface area contributed by atoms with Crippen molar-refractivity contribution in [1.29, 1.82) is 0 Å². The molecule has 0 unspecified atom stereocenters. The van der Waals surface area contributed by atoms with Gasteiger partial charge in [0.15, 0.2) is 5.96 Å². The van der Waals surface area contributed by atoms with E-state index in [1.54, 1.807) is 11.3 Å². The Labute approximate surface area is 178 Å². The molecule has 0 aliphatic carbocycles. The molecule has 2 rings (SSSR count). The van der Waals surface area contributed by atoms with Crippen molar-refractivity contribution in [3.05, 3.63) is 22.4 Å². The summed E-state index contributed by atoms with van der Waals surface area (Å²) in [5.74, 6) is 0.919. The maximum absolute atomic E-state index is 5.53. The summed E-state index contributed by atoms with van der Waals surface area (Å²) in [6.07, 6.45) is 4.40. The SMILES string of the molecule is CCNC(=NCC(C)(C)c1cccs1)NCC1(SC)CCOCC1.I. The largest absolute Gasteiger partial charge is 0.381 e. The van der Waals surface area contributed by atoms with Crippen LogP contribution in [0.25, 0.3) is 0 Å². The number of halogens is 1. The number of nitrogens with zero attached hydrogens (tertiary/aromatic N) is 1. The average molecular weight is 498 g/mol. The monoisotopic (exact) mass is 497 g/mol. The summed E-state index contributed by atoms with van der Waals surface area (Å²) >= 11 is 3.76. The summed E-state index contributed by atoms with van der Waals surface area (Å²) in [5, 5.41) is 9.09. The lowest BCUT2D eigenvalue weighted by atomic mass is 9.92. The quantitative estimate of drug-likeness (QED) is 0.338. The van der Waals surface area contributed by atoms with Gasteiger partial charge >= 0.3 is 0 Å². The summed E-state index contributed by atoms with van der Waals surface area (Å²) in [6.45, 7) is 10.9. The highest BCUT2D eigenvalue weighted by Crippen LogP contribution is 2.33. The number of hydrogen-bond acceptors (Lipinski definition) is 4. The van der Waals surface area contributed by atoms with Crippen molar-refractivity contribution < 1.29 is 4.74 Å². The van der Waals surface area contributed by atoms with E-state index in [1.165, 1.54) is 4.88 Å². The maximum Gasteiger partial charge on any atom is 0.191 e. The number of aliphatic imine (C=N–C) groups is 1. The topological polar surface area (TPSA) is 45.7 Å². The van der Waals surface area contributed by atoms with Crippen molar-refractivity contribution in [2.45, 2.75) is 43.8 Å². The zero-order chi connectivity index (χ0) is 17.5. The van der Waals surface area contributed by atoms with E-state index in [2.05, 4.69) is 55.2 Å². The van der Waals surface area contributed by atoms with Gasteiger partial charge in [-0.05, 0) is 37.5 Å². The van der Waals surface area contributed by atoms with Gasteiger partial charge in [0.1, 0.15) is 0 Å². The molecule has 1 aromatic heterocycles. The lowest BCUT2D eigenvalue weighted by Gasteiger charge is -2.36. The van der Waals surface area contributed by atoms with Crippen molar-refractivity contribution in [1.82, 2.24) is 10.6 Å². The van der Waals surface area contributed by atoms with Crippen LogP contribution in [0.2, 0.25) is 0 Å². The van der Waals surface area contributed by atoms with Gasteiger partial charge in [-0.3, -0.25) is 4.99 Å². The Balaban J connectivity index is 0.00000312. The molecule has 0 amide bonds. The van der Waals surface area contributed by atoms with Crippen LogP contribution in [0.4, 0.5) is 0 Å². The molecule has 1 aliphatic rings. The first-order valence-electron chi connectivity index (χ1n) is 8.70.